The molecule has 2 fully saturated rings. The van der Waals surface area contributed by atoms with Gasteiger partial charge in [-0.25, -0.2) is 9.97 Å². The van der Waals surface area contributed by atoms with Gasteiger partial charge in [0.2, 0.25) is 11.9 Å². The van der Waals surface area contributed by atoms with E-state index in [-0.39, 0.29) is 40.9 Å². The lowest BCUT2D eigenvalue weighted by Crippen LogP contribution is -2.55. The number of aromatic nitrogens is 2. The zero-order valence-corrected chi connectivity index (χ0v) is 15.2. The predicted octanol–water partition coefficient (Wildman–Crippen LogP) is 1.55. The van der Waals surface area contributed by atoms with E-state index in [1.807, 2.05) is 6.92 Å². The Kier molecular flexibility index (Phi) is 5.42. The molecule has 5 atom stereocenters. The first-order valence-corrected chi connectivity index (χ1v) is 9.17. The van der Waals surface area contributed by atoms with Crippen molar-refractivity contribution in [3.63, 3.8) is 0 Å². The van der Waals surface area contributed by atoms with Gasteiger partial charge in [0.25, 0.3) is 5.91 Å². The first-order valence-electron chi connectivity index (χ1n) is 8.74. The van der Waals surface area contributed by atoms with Crippen molar-refractivity contribution in [2.75, 3.05) is 12.4 Å². The van der Waals surface area contributed by atoms with Gasteiger partial charge in [0.15, 0.2) is 0 Å². The number of nitrogens with one attached hydrogen (secondary N) is 3. The van der Waals surface area contributed by atoms with Crippen molar-refractivity contribution in [3.05, 3.63) is 18.0 Å². The fourth-order valence-electron chi connectivity index (χ4n) is 3.80. The summed E-state index contributed by atoms with van der Waals surface area (Å²) in [5.41, 5.74) is 0.289. The Hall–Kier alpha value is -1.89. The number of anilines is 1. The second-order valence-electron chi connectivity index (χ2n) is 6.91. The number of hydrogen-bond acceptors (Lipinski definition) is 5. The predicted molar refractivity (Wildman–Crippen MR) is 95.5 cm³/mol. The number of amides is 2. The number of carbonyl (C=O) groups is 2. The summed E-state index contributed by atoms with van der Waals surface area (Å²) in [5, 5.41) is 9.06. The van der Waals surface area contributed by atoms with Gasteiger partial charge < -0.3 is 16.0 Å². The first-order chi connectivity index (χ1) is 12.0. The summed E-state index contributed by atoms with van der Waals surface area (Å²) in [4.78, 5) is 32.5. The fourth-order valence-corrected chi connectivity index (χ4v) is 4.15. The first kappa shape index (κ1) is 17.9. The minimum absolute atomic E-state index is 0.0664. The molecule has 8 heteroatoms. The number of hydrogen-bond donors (Lipinski definition) is 3. The molecule has 2 amide bonds. The van der Waals surface area contributed by atoms with Crippen LogP contribution in [0.1, 0.15) is 43.1 Å². The summed E-state index contributed by atoms with van der Waals surface area (Å²) in [6.45, 7) is 1.95. The van der Waals surface area contributed by atoms with Crippen LogP contribution in [0.5, 0.6) is 0 Å². The smallest absolute Gasteiger partial charge is 0.269 e. The minimum atomic E-state index is -0.272. The molecule has 1 aromatic heterocycles. The summed E-state index contributed by atoms with van der Waals surface area (Å²) < 4.78 is 0. The van der Waals surface area contributed by atoms with Crippen LogP contribution in [0.3, 0.4) is 0 Å². The number of fused-ring (bicyclic) bond motifs is 1. The molecule has 4 unspecified atom stereocenters. The van der Waals surface area contributed by atoms with Crippen LogP contribution in [-0.4, -0.2) is 46.3 Å². The zero-order chi connectivity index (χ0) is 18.0. The van der Waals surface area contributed by atoms with Gasteiger partial charge in [-0.1, -0.05) is 0 Å². The average Bonchev–Trinajstić information content (AvgIpc) is 2.61. The van der Waals surface area contributed by atoms with E-state index < -0.39 is 0 Å². The van der Waals surface area contributed by atoms with E-state index >= 15 is 0 Å². The molecule has 0 radical (unpaired) electrons. The fraction of sp³-hybridized carbons (Fsp3) is 0.647. The molecule has 1 saturated heterocycles. The van der Waals surface area contributed by atoms with Crippen LogP contribution in [-0.2, 0) is 4.79 Å². The maximum atomic E-state index is 12.5. The zero-order valence-electron chi connectivity index (χ0n) is 14.5. The molecule has 0 bridgehead atoms. The second kappa shape index (κ2) is 7.56. The number of rotatable bonds is 4. The van der Waals surface area contributed by atoms with Crippen molar-refractivity contribution in [2.45, 2.75) is 50.1 Å². The van der Waals surface area contributed by atoms with E-state index in [0.717, 1.165) is 25.7 Å². The third kappa shape index (κ3) is 4.03. The summed E-state index contributed by atoms with van der Waals surface area (Å²) in [6.07, 6.45) is 5.20. The Labute approximate surface area is 152 Å². The Morgan fingerprint density at radius 3 is 2.96 bits per heavy atom. The highest BCUT2D eigenvalue weighted by Gasteiger charge is 2.41. The number of alkyl halides is 1. The minimum Gasteiger partial charge on any atom is -0.354 e. The van der Waals surface area contributed by atoms with E-state index in [2.05, 4.69) is 25.9 Å². The van der Waals surface area contributed by atoms with Gasteiger partial charge in [0, 0.05) is 30.7 Å². The molecule has 1 aliphatic carbocycles. The van der Waals surface area contributed by atoms with Crippen LogP contribution in [0.2, 0.25) is 0 Å². The molecule has 1 aromatic rings. The quantitative estimate of drug-likeness (QED) is 0.703. The highest BCUT2D eigenvalue weighted by Crippen LogP contribution is 2.36. The standard InChI is InChI=1S/C17H24ClN5O2/c1-9(21-17-20-6-5-14(23-17)16(25)19-2)12-8-10-7-11(18)3-4-13(10)22-15(12)24/h5-6,9-13H,3-4,7-8H2,1-2H3,(H,19,25)(H,22,24)(H,20,21,23)/t9-,10?,11?,12?,13?/m0/s1. The van der Waals surface area contributed by atoms with Gasteiger partial charge in [-0.15, -0.1) is 11.6 Å². The molecule has 1 aliphatic heterocycles. The third-order valence-electron chi connectivity index (χ3n) is 5.22. The molecule has 2 aliphatic rings. The summed E-state index contributed by atoms with van der Waals surface area (Å²) in [5.74, 6) is 0.391. The summed E-state index contributed by atoms with van der Waals surface area (Å²) >= 11 is 6.30. The second-order valence-corrected chi connectivity index (χ2v) is 7.52. The number of piperidine rings is 1. The van der Waals surface area contributed by atoms with Crippen LogP contribution < -0.4 is 16.0 Å². The molecule has 0 spiro atoms. The topological polar surface area (TPSA) is 96.0 Å². The molecular formula is C17H24ClN5O2. The summed E-state index contributed by atoms with van der Waals surface area (Å²) in [6, 6.07) is 1.66. The Morgan fingerprint density at radius 2 is 2.20 bits per heavy atom. The highest BCUT2D eigenvalue weighted by molar-refractivity contribution is 6.20. The monoisotopic (exact) mass is 365 g/mol. The van der Waals surface area contributed by atoms with Gasteiger partial charge in [-0.3, -0.25) is 9.59 Å². The van der Waals surface area contributed by atoms with E-state index in [1.54, 1.807) is 13.1 Å². The van der Waals surface area contributed by atoms with Crippen molar-refractivity contribution in [2.24, 2.45) is 11.8 Å². The number of nitrogens with zero attached hydrogens (tertiary/aromatic N) is 2. The van der Waals surface area contributed by atoms with Gasteiger partial charge in [0.1, 0.15) is 5.69 Å². The average molecular weight is 366 g/mol. The van der Waals surface area contributed by atoms with Crippen molar-refractivity contribution in [3.8, 4) is 0 Å². The van der Waals surface area contributed by atoms with Crippen molar-refractivity contribution in [1.29, 1.82) is 0 Å². The number of halogens is 1. The van der Waals surface area contributed by atoms with E-state index in [4.69, 9.17) is 11.6 Å². The van der Waals surface area contributed by atoms with Crippen LogP contribution in [0.25, 0.3) is 0 Å². The highest BCUT2D eigenvalue weighted by atomic mass is 35.5. The molecule has 0 aromatic carbocycles. The van der Waals surface area contributed by atoms with Crippen LogP contribution in [0.15, 0.2) is 12.3 Å². The SMILES string of the molecule is CNC(=O)c1ccnc(N[C@@H](C)C2CC3CC(Cl)CCC3NC2=O)n1. The lowest BCUT2D eigenvalue weighted by molar-refractivity contribution is -0.130. The molecule has 3 N–H and O–H groups in total. The van der Waals surface area contributed by atoms with Crippen LogP contribution in [0, 0.1) is 11.8 Å². The van der Waals surface area contributed by atoms with Gasteiger partial charge >= 0.3 is 0 Å². The molecule has 1 saturated carbocycles. The van der Waals surface area contributed by atoms with Crippen LogP contribution in [0.4, 0.5) is 5.95 Å². The summed E-state index contributed by atoms with van der Waals surface area (Å²) in [7, 11) is 1.55. The molecule has 7 nitrogen and oxygen atoms in total. The Bertz CT molecular complexity index is 656. The van der Waals surface area contributed by atoms with Gasteiger partial charge in [-0.05, 0) is 44.6 Å². The largest absolute Gasteiger partial charge is 0.354 e. The van der Waals surface area contributed by atoms with E-state index in [0.29, 0.717) is 11.9 Å². The van der Waals surface area contributed by atoms with E-state index in [9.17, 15) is 9.59 Å². The molecule has 136 valence electrons. The van der Waals surface area contributed by atoms with Crippen LogP contribution >= 0.6 is 11.6 Å². The van der Waals surface area contributed by atoms with Gasteiger partial charge in [0.05, 0.1) is 5.92 Å². The van der Waals surface area contributed by atoms with Crippen molar-refractivity contribution < 1.29 is 9.59 Å². The third-order valence-corrected chi connectivity index (χ3v) is 5.61. The maximum absolute atomic E-state index is 12.5. The van der Waals surface area contributed by atoms with Crippen molar-refractivity contribution in [1.82, 2.24) is 20.6 Å². The Morgan fingerprint density at radius 1 is 1.40 bits per heavy atom. The Balaban J connectivity index is 1.67. The van der Waals surface area contributed by atoms with Gasteiger partial charge in [-0.2, -0.15) is 0 Å². The maximum Gasteiger partial charge on any atom is 0.269 e. The molecule has 3 rings (SSSR count). The number of carbonyl (C=O) groups excluding carboxylic acids is 2. The molecule has 2 heterocycles. The molecular weight excluding hydrogens is 342 g/mol. The molecule has 25 heavy (non-hydrogen) atoms. The normalized spacial score (nSPS) is 30.0. The van der Waals surface area contributed by atoms with E-state index in [1.165, 1.54) is 6.20 Å². The van der Waals surface area contributed by atoms with Crippen molar-refractivity contribution >= 4 is 29.4 Å². The lowest BCUT2D eigenvalue weighted by Gasteiger charge is -2.42. The lowest BCUT2D eigenvalue weighted by atomic mass is 9.74.